The van der Waals surface area contributed by atoms with E-state index < -0.39 is 49.8 Å². The predicted octanol–water partition coefficient (Wildman–Crippen LogP) is 4.19. The van der Waals surface area contributed by atoms with Crippen LogP contribution in [0.1, 0.15) is 42.3 Å². The van der Waals surface area contributed by atoms with Gasteiger partial charge in [-0.3, -0.25) is 9.59 Å². The Hall–Kier alpha value is -3.43. The smallest absolute Gasteiger partial charge is 0.251 e. The van der Waals surface area contributed by atoms with Gasteiger partial charge in [-0.1, -0.05) is 36.4 Å². The van der Waals surface area contributed by atoms with Crippen molar-refractivity contribution in [3.8, 4) is 0 Å². The summed E-state index contributed by atoms with van der Waals surface area (Å²) >= 11 is 0. The Kier molecular flexibility index (Phi) is 8.37. The molecule has 0 aliphatic heterocycles. The first-order valence-corrected chi connectivity index (χ1v) is 12.8. The van der Waals surface area contributed by atoms with Crippen molar-refractivity contribution in [1.82, 2.24) is 10.0 Å². The highest BCUT2D eigenvalue weighted by molar-refractivity contribution is 7.89. The van der Waals surface area contributed by atoms with Crippen molar-refractivity contribution in [3.05, 3.63) is 101 Å². The first-order chi connectivity index (χ1) is 16.8. The average molecular weight is 515 g/mol. The Labute approximate surface area is 209 Å². The minimum Gasteiger partial charge on any atom is -0.342 e. The number of carbonyl (C=O) groups excluding carboxylic acids is 2. The molecule has 1 amide bonds. The van der Waals surface area contributed by atoms with Gasteiger partial charge < -0.3 is 5.32 Å². The first kappa shape index (κ1) is 27.2. The van der Waals surface area contributed by atoms with Crippen LogP contribution in [0.25, 0.3) is 0 Å². The number of ketones is 1. The van der Waals surface area contributed by atoms with E-state index in [1.807, 2.05) is 18.2 Å². The van der Waals surface area contributed by atoms with Crippen LogP contribution in [-0.4, -0.2) is 31.7 Å². The normalized spacial score (nSPS) is 12.7. The van der Waals surface area contributed by atoms with Gasteiger partial charge in [-0.15, -0.1) is 0 Å². The number of hydrogen-bond donors (Lipinski definition) is 2. The van der Waals surface area contributed by atoms with Gasteiger partial charge in [0.05, 0.1) is 6.04 Å². The Bertz CT molecular complexity index is 1340. The van der Waals surface area contributed by atoms with Crippen LogP contribution in [0.2, 0.25) is 0 Å². The minimum absolute atomic E-state index is 0.189. The van der Waals surface area contributed by atoms with Crippen molar-refractivity contribution in [2.75, 3.05) is 0 Å². The molecule has 9 heteroatoms. The second-order valence-electron chi connectivity index (χ2n) is 9.49. The second kappa shape index (κ2) is 11.1. The van der Waals surface area contributed by atoms with Gasteiger partial charge in [0, 0.05) is 17.5 Å². The largest absolute Gasteiger partial charge is 0.342 e. The van der Waals surface area contributed by atoms with Crippen LogP contribution in [0.3, 0.4) is 0 Å². The zero-order chi connectivity index (χ0) is 26.5. The molecule has 3 rings (SSSR count). The summed E-state index contributed by atoms with van der Waals surface area (Å²) in [4.78, 5) is 25.4. The highest BCUT2D eigenvalue weighted by atomic mass is 32.2. The van der Waals surface area contributed by atoms with Crippen molar-refractivity contribution in [2.45, 2.75) is 50.1 Å². The van der Waals surface area contributed by atoms with Crippen LogP contribution in [0.4, 0.5) is 8.78 Å². The summed E-state index contributed by atoms with van der Waals surface area (Å²) in [6.07, 6.45) is -0.0395. The third-order valence-electron chi connectivity index (χ3n) is 5.19. The molecule has 0 bridgehead atoms. The Morgan fingerprint density at radius 1 is 0.889 bits per heavy atom. The molecule has 0 aromatic heterocycles. The maximum atomic E-state index is 14.8. The van der Waals surface area contributed by atoms with Crippen molar-refractivity contribution in [1.29, 1.82) is 0 Å². The van der Waals surface area contributed by atoms with Crippen molar-refractivity contribution in [3.63, 3.8) is 0 Å². The fourth-order valence-electron chi connectivity index (χ4n) is 3.59. The molecule has 0 heterocycles. The second-order valence-corrected chi connectivity index (χ2v) is 11.1. The molecule has 2 N–H and O–H groups in total. The molecule has 0 fully saturated rings. The van der Waals surface area contributed by atoms with Crippen molar-refractivity contribution in [2.24, 2.45) is 0 Å². The molecular formula is C27H28F2N2O4S. The monoisotopic (exact) mass is 514 g/mol. The summed E-state index contributed by atoms with van der Waals surface area (Å²) in [5.41, 5.74) is 0.458. The Balaban J connectivity index is 1.81. The third kappa shape index (κ3) is 7.53. The molecule has 190 valence electrons. The number of amides is 1. The van der Waals surface area contributed by atoms with E-state index in [4.69, 9.17) is 0 Å². The predicted molar refractivity (Wildman–Crippen MR) is 133 cm³/mol. The SMILES string of the molecule is CC(C)(C)NS(=O)(=O)c1ccc(CC(=O)[C@H](Cc2ccccc2)NC(=O)c2ccc(F)cc2)cc1F. The number of carbonyl (C=O) groups is 2. The molecule has 0 unspecified atom stereocenters. The van der Waals surface area contributed by atoms with Crippen molar-refractivity contribution >= 4 is 21.7 Å². The van der Waals surface area contributed by atoms with Gasteiger partial charge in [0.1, 0.15) is 16.5 Å². The van der Waals surface area contributed by atoms with Crippen LogP contribution in [0.15, 0.2) is 77.7 Å². The summed E-state index contributed by atoms with van der Waals surface area (Å²) in [5, 5.41) is 2.69. The van der Waals surface area contributed by atoms with Gasteiger partial charge in [-0.05, 0) is 74.7 Å². The van der Waals surface area contributed by atoms with Crippen LogP contribution in [0, 0.1) is 11.6 Å². The van der Waals surface area contributed by atoms with E-state index in [2.05, 4.69) is 10.0 Å². The first-order valence-electron chi connectivity index (χ1n) is 11.3. The molecule has 0 saturated carbocycles. The number of hydrogen-bond acceptors (Lipinski definition) is 4. The lowest BCUT2D eigenvalue weighted by atomic mass is 9.97. The van der Waals surface area contributed by atoms with E-state index in [0.29, 0.717) is 0 Å². The summed E-state index contributed by atoms with van der Waals surface area (Å²) in [5.74, 6) is -2.41. The zero-order valence-corrected chi connectivity index (χ0v) is 21.0. The Morgan fingerprint density at radius 2 is 1.53 bits per heavy atom. The number of rotatable bonds is 9. The quantitative estimate of drug-likeness (QED) is 0.448. The van der Waals surface area contributed by atoms with Crippen LogP contribution < -0.4 is 10.0 Å². The number of benzene rings is 3. The van der Waals surface area contributed by atoms with E-state index in [-0.39, 0.29) is 24.0 Å². The van der Waals surface area contributed by atoms with Crippen LogP contribution >= 0.6 is 0 Å². The van der Waals surface area contributed by atoms with Gasteiger partial charge in [-0.2, -0.15) is 0 Å². The highest BCUT2D eigenvalue weighted by Gasteiger charge is 2.26. The third-order valence-corrected chi connectivity index (χ3v) is 6.98. The van der Waals surface area contributed by atoms with Gasteiger partial charge in [0.25, 0.3) is 5.91 Å². The van der Waals surface area contributed by atoms with Crippen LogP contribution in [-0.2, 0) is 27.7 Å². The summed E-state index contributed by atoms with van der Waals surface area (Å²) in [6.45, 7) is 4.92. The number of halogens is 2. The molecule has 3 aromatic rings. The number of Topliss-reactive ketones (excluding diaryl/α,β-unsaturated/α-hetero) is 1. The molecule has 36 heavy (non-hydrogen) atoms. The maximum Gasteiger partial charge on any atom is 0.251 e. The van der Waals surface area contributed by atoms with E-state index in [1.54, 1.807) is 32.9 Å². The van der Waals surface area contributed by atoms with Crippen LogP contribution in [0.5, 0.6) is 0 Å². The minimum atomic E-state index is -4.09. The van der Waals surface area contributed by atoms with E-state index in [1.165, 1.54) is 18.2 Å². The zero-order valence-electron chi connectivity index (χ0n) is 20.2. The fraction of sp³-hybridized carbons (Fsp3) is 0.259. The molecular weight excluding hydrogens is 486 g/mol. The number of nitrogens with one attached hydrogen (secondary N) is 2. The van der Waals surface area contributed by atoms with Gasteiger partial charge >= 0.3 is 0 Å². The van der Waals surface area contributed by atoms with Gasteiger partial charge in [0.15, 0.2) is 5.78 Å². The molecule has 6 nitrogen and oxygen atoms in total. The number of sulfonamides is 1. The molecule has 0 saturated heterocycles. The van der Waals surface area contributed by atoms with E-state index in [0.717, 1.165) is 29.8 Å². The highest BCUT2D eigenvalue weighted by Crippen LogP contribution is 2.19. The standard InChI is InChI=1S/C27H28F2N2O4S/c1-27(2,3)31-36(34,35)25-14-9-19(15-22(25)29)17-24(32)23(16-18-7-5-4-6-8-18)30-26(33)20-10-12-21(28)13-11-20/h4-15,23,31H,16-17H2,1-3H3,(H,30,33)/t23-/m0/s1. The molecule has 3 aromatic carbocycles. The summed E-state index contributed by atoms with van der Waals surface area (Å²) < 4.78 is 55.4. The lowest BCUT2D eigenvalue weighted by molar-refractivity contribution is -0.120. The molecule has 0 radical (unpaired) electrons. The molecule has 0 spiro atoms. The average Bonchev–Trinajstić information content (AvgIpc) is 2.78. The molecule has 1 atom stereocenters. The summed E-state index contributed by atoms with van der Waals surface area (Å²) in [7, 11) is -4.09. The van der Waals surface area contributed by atoms with E-state index in [9.17, 15) is 26.8 Å². The topological polar surface area (TPSA) is 92.3 Å². The van der Waals surface area contributed by atoms with E-state index >= 15 is 0 Å². The van der Waals surface area contributed by atoms with Gasteiger partial charge in [0.2, 0.25) is 10.0 Å². The lowest BCUT2D eigenvalue weighted by Crippen LogP contribution is -2.43. The molecule has 0 aliphatic rings. The maximum absolute atomic E-state index is 14.8. The molecule has 0 aliphatic carbocycles. The summed E-state index contributed by atoms with van der Waals surface area (Å²) in [6, 6.07) is 16.5. The fourth-order valence-corrected chi connectivity index (χ4v) is 5.07. The Morgan fingerprint density at radius 3 is 2.11 bits per heavy atom. The van der Waals surface area contributed by atoms with Crippen molar-refractivity contribution < 1.29 is 26.8 Å². The lowest BCUT2D eigenvalue weighted by Gasteiger charge is -2.21. The van der Waals surface area contributed by atoms with Gasteiger partial charge in [-0.25, -0.2) is 21.9 Å².